The smallest absolute Gasteiger partial charge is 0.290 e. The lowest BCUT2D eigenvalue weighted by molar-refractivity contribution is -0.0816. The van der Waals surface area contributed by atoms with Gasteiger partial charge in [-0.3, -0.25) is 9.69 Å². The monoisotopic (exact) mass is 298 g/mol. The molecule has 21 heavy (non-hydrogen) atoms. The summed E-state index contributed by atoms with van der Waals surface area (Å²) in [5.74, 6) is -0.577. The Labute approximate surface area is 122 Å². The van der Waals surface area contributed by atoms with Crippen molar-refractivity contribution in [2.75, 3.05) is 19.7 Å². The predicted molar refractivity (Wildman–Crippen MR) is 73.1 cm³/mol. The normalized spacial score (nSPS) is 26.9. The van der Waals surface area contributed by atoms with E-state index in [1.54, 1.807) is 0 Å². The van der Waals surface area contributed by atoms with Crippen molar-refractivity contribution >= 4 is 5.91 Å². The molecule has 0 radical (unpaired) electrons. The Bertz CT molecular complexity index is 492. The fraction of sp³-hybridized carbons (Fsp3) is 0.769. The van der Waals surface area contributed by atoms with Crippen LogP contribution < -0.4 is 5.73 Å². The van der Waals surface area contributed by atoms with Gasteiger partial charge in [0.25, 0.3) is 11.7 Å². The topological polar surface area (TPSA) is 126 Å². The third kappa shape index (κ3) is 3.39. The number of piperidine rings is 1. The number of nitrogens with two attached hydrogens (primary N) is 1. The second-order valence-corrected chi connectivity index (χ2v) is 5.65. The van der Waals surface area contributed by atoms with Gasteiger partial charge in [-0.2, -0.15) is 4.98 Å². The molecule has 0 saturated carbocycles. The van der Waals surface area contributed by atoms with Crippen molar-refractivity contribution < 1.29 is 19.5 Å². The molecule has 0 bridgehead atoms. The Morgan fingerprint density at radius 1 is 1.62 bits per heavy atom. The maximum Gasteiger partial charge on any atom is 0.290 e. The summed E-state index contributed by atoms with van der Waals surface area (Å²) in [7, 11) is 0. The number of β-amino-alcohol motifs (C(OH)–C–C–N with tert-alkyl or cyclic N) is 1. The van der Waals surface area contributed by atoms with Crippen LogP contribution in [0, 0.1) is 5.41 Å². The van der Waals surface area contributed by atoms with Crippen LogP contribution in [-0.4, -0.2) is 57.0 Å². The Kier molecular flexibility index (Phi) is 4.92. The third-order valence-corrected chi connectivity index (χ3v) is 4.17. The summed E-state index contributed by atoms with van der Waals surface area (Å²) in [5.41, 5.74) is 4.65. The summed E-state index contributed by atoms with van der Waals surface area (Å²) in [5, 5.41) is 23.4. The molecule has 2 atom stereocenters. The lowest BCUT2D eigenvalue weighted by atomic mass is 9.73. The third-order valence-electron chi connectivity index (χ3n) is 4.17. The van der Waals surface area contributed by atoms with Crippen molar-refractivity contribution in [3.05, 3.63) is 11.7 Å². The van der Waals surface area contributed by atoms with E-state index in [1.807, 2.05) is 11.8 Å². The number of aliphatic hydroxyl groups excluding tert-OH is 2. The number of carbonyl (C=O) groups excluding carboxylic acids is 1. The van der Waals surface area contributed by atoms with Crippen LogP contribution in [0.25, 0.3) is 0 Å². The lowest BCUT2D eigenvalue weighted by Crippen LogP contribution is -2.52. The summed E-state index contributed by atoms with van der Waals surface area (Å²) < 4.78 is 4.96. The average molecular weight is 298 g/mol. The number of amides is 1. The molecule has 1 aliphatic heterocycles. The molecule has 0 unspecified atom stereocenters. The van der Waals surface area contributed by atoms with Gasteiger partial charge in [0, 0.05) is 12.0 Å². The van der Waals surface area contributed by atoms with Crippen LogP contribution in [0.1, 0.15) is 42.7 Å². The average Bonchev–Trinajstić information content (AvgIpc) is 2.91. The van der Waals surface area contributed by atoms with Gasteiger partial charge in [0.15, 0.2) is 0 Å². The van der Waals surface area contributed by atoms with Crippen LogP contribution in [-0.2, 0) is 6.54 Å². The highest BCUT2D eigenvalue weighted by Gasteiger charge is 2.41. The summed E-state index contributed by atoms with van der Waals surface area (Å²) in [6.45, 7) is 3.52. The standard InChI is InChI=1S/C13H22N4O4/c1-2-3-13(8-18)4-5-17(6-9(13)19)7-10-15-12(11(14)20)16-21-10/h9,18-19H,2-8H2,1H3,(H2,14,20)/t9-,13+/m0/s1. The van der Waals surface area contributed by atoms with Gasteiger partial charge in [0.05, 0.1) is 19.3 Å². The highest BCUT2D eigenvalue weighted by molar-refractivity contribution is 5.88. The molecule has 1 amide bonds. The van der Waals surface area contributed by atoms with Gasteiger partial charge in [-0.15, -0.1) is 0 Å². The zero-order chi connectivity index (χ0) is 15.5. The number of hydrogen-bond donors (Lipinski definition) is 3. The number of rotatable bonds is 6. The second kappa shape index (κ2) is 6.50. The first-order valence-electron chi connectivity index (χ1n) is 7.14. The van der Waals surface area contributed by atoms with Gasteiger partial charge in [0.2, 0.25) is 5.89 Å². The predicted octanol–water partition coefficient (Wildman–Crippen LogP) is -0.486. The minimum Gasteiger partial charge on any atom is -0.396 e. The van der Waals surface area contributed by atoms with Gasteiger partial charge in [0.1, 0.15) is 0 Å². The molecule has 2 heterocycles. The number of nitrogens with zero attached hydrogens (tertiary/aromatic N) is 3. The van der Waals surface area contributed by atoms with Crippen LogP contribution in [0.5, 0.6) is 0 Å². The van der Waals surface area contributed by atoms with Crippen LogP contribution in [0.2, 0.25) is 0 Å². The number of carbonyl (C=O) groups is 1. The molecule has 2 rings (SSSR count). The first kappa shape index (κ1) is 15.9. The molecule has 0 aliphatic carbocycles. The lowest BCUT2D eigenvalue weighted by Gasteiger charge is -2.44. The maximum atomic E-state index is 10.9. The number of aliphatic hydroxyl groups is 2. The highest BCUT2D eigenvalue weighted by Crippen LogP contribution is 2.36. The van der Waals surface area contributed by atoms with E-state index >= 15 is 0 Å². The van der Waals surface area contributed by atoms with Gasteiger partial charge in [-0.1, -0.05) is 18.5 Å². The van der Waals surface area contributed by atoms with E-state index in [0.29, 0.717) is 31.9 Å². The van der Waals surface area contributed by atoms with E-state index in [-0.39, 0.29) is 12.4 Å². The van der Waals surface area contributed by atoms with Crippen LogP contribution in [0.3, 0.4) is 0 Å². The molecule has 4 N–H and O–H groups in total. The van der Waals surface area contributed by atoms with Crippen molar-refractivity contribution in [1.82, 2.24) is 15.0 Å². The minimum atomic E-state index is -0.731. The van der Waals surface area contributed by atoms with E-state index in [9.17, 15) is 15.0 Å². The quantitative estimate of drug-likeness (QED) is 0.647. The van der Waals surface area contributed by atoms with Crippen molar-refractivity contribution in [2.24, 2.45) is 11.1 Å². The molecule has 8 heteroatoms. The molecular formula is C13H22N4O4. The zero-order valence-electron chi connectivity index (χ0n) is 12.2. The molecular weight excluding hydrogens is 276 g/mol. The Morgan fingerprint density at radius 2 is 2.38 bits per heavy atom. The molecule has 8 nitrogen and oxygen atoms in total. The van der Waals surface area contributed by atoms with E-state index in [4.69, 9.17) is 10.3 Å². The van der Waals surface area contributed by atoms with Gasteiger partial charge in [-0.25, -0.2) is 0 Å². The fourth-order valence-electron chi connectivity index (χ4n) is 2.88. The van der Waals surface area contributed by atoms with E-state index in [1.165, 1.54) is 0 Å². The van der Waals surface area contributed by atoms with Crippen molar-refractivity contribution in [3.8, 4) is 0 Å². The molecule has 1 aliphatic rings. The van der Waals surface area contributed by atoms with Crippen LogP contribution >= 0.6 is 0 Å². The largest absolute Gasteiger partial charge is 0.396 e. The Balaban J connectivity index is 1.97. The SMILES string of the molecule is CCC[C@]1(CO)CCN(Cc2nc(C(N)=O)no2)C[C@@H]1O. The molecule has 1 fully saturated rings. The molecule has 1 aromatic heterocycles. The zero-order valence-corrected chi connectivity index (χ0v) is 12.2. The molecule has 0 spiro atoms. The van der Waals surface area contributed by atoms with Crippen molar-refractivity contribution in [3.63, 3.8) is 0 Å². The van der Waals surface area contributed by atoms with E-state index in [2.05, 4.69) is 10.1 Å². The summed E-state index contributed by atoms with van der Waals surface area (Å²) >= 11 is 0. The molecule has 118 valence electrons. The summed E-state index contributed by atoms with van der Waals surface area (Å²) in [6, 6.07) is 0. The van der Waals surface area contributed by atoms with Crippen molar-refractivity contribution in [1.29, 1.82) is 0 Å². The first-order valence-corrected chi connectivity index (χ1v) is 7.14. The number of hydrogen-bond acceptors (Lipinski definition) is 7. The van der Waals surface area contributed by atoms with E-state index < -0.39 is 17.4 Å². The van der Waals surface area contributed by atoms with Crippen LogP contribution in [0.4, 0.5) is 0 Å². The van der Waals surface area contributed by atoms with Gasteiger partial charge in [-0.05, 0) is 19.4 Å². The summed E-state index contributed by atoms with van der Waals surface area (Å²) in [4.78, 5) is 16.8. The van der Waals surface area contributed by atoms with Crippen molar-refractivity contribution in [2.45, 2.75) is 38.8 Å². The summed E-state index contributed by atoms with van der Waals surface area (Å²) in [6.07, 6.45) is 1.82. The van der Waals surface area contributed by atoms with Crippen LogP contribution in [0.15, 0.2) is 4.52 Å². The first-order chi connectivity index (χ1) is 10.0. The van der Waals surface area contributed by atoms with Gasteiger partial charge < -0.3 is 20.5 Å². The second-order valence-electron chi connectivity index (χ2n) is 5.65. The molecule has 1 aromatic rings. The number of primary amides is 1. The molecule has 0 aromatic carbocycles. The minimum absolute atomic E-state index is 0.0117. The fourth-order valence-corrected chi connectivity index (χ4v) is 2.88. The van der Waals surface area contributed by atoms with Gasteiger partial charge >= 0.3 is 0 Å². The highest BCUT2D eigenvalue weighted by atomic mass is 16.5. The Morgan fingerprint density at radius 3 is 2.90 bits per heavy atom. The Hall–Kier alpha value is -1.51. The number of likely N-dealkylation sites (tertiary alicyclic amines) is 1. The van der Waals surface area contributed by atoms with E-state index in [0.717, 1.165) is 12.8 Å². The maximum absolute atomic E-state index is 10.9. The molecule has 1 saturated heterocycles. The number of aromatic nitrogens is 2.